The average Bonchev–Trinajstić information content (AvgIpc) is 2.58. The number of hydrogen-bond donors (Lipinski definition) is 0. The van der Waals surface area contributed by atoms with Gasteiger partial charge in [0.25, 0.3) is 0 Å². The van der Waals surface area contributed by atoms with Gasteiger partial charge in [0.2, 0.25) is 5.91 Å². The van der Waals surface area contributed by atoms with Crippen LogP contribution in [0.25, 0.3) is 0 Å². The third-order valence-corrected chi connectivity index (χ3v) is 2.68. The molecular formula is C11H7ClN2O2. The zero-order valence-electron chi connectivity index (χ0n) is 8.24. The number of hydrogen-bond acceptors (Lipinski definition) is 3. The van der Waals surface area contributed by atoms with Crippen LogP contribution in [-0.2, 0) is 9.59 Å². The molecule has 1 heterocycles. The summed E-state index contributed by atoms with van der Waals surface area (Å²) < 4.78 is 0. The molecule has 0 atom stereocenters. The number of carbonyl (C=O) groups is 2. The summed E-state index contributed by atoms with van der Waals surface area (Å²) in [5.41, 5.74) is 0.906. The third kappa shape index (κ3) is 1.77. The van der Waals surface area contributed by atoms with E-state index in [1.807, 2.05) is 6.07 Å². The summed E-state index contributed by atoms with van der Waals surface area (Å²) in [6.45, 7) is 0.0844. The van der Waals surface area contributed by atoms with Gasteiger partial charge in [-0.25, -0.2) is 0 Å². The van der Waals surface area contributed by atoms with Gasteiger partial charge in [0, 0.05) is 5.69 Å². The molecule has 0 unspecified atom stereocenters. The van der Waals surface area contributed by atoms with Crippen LogP contribution in [0.4, 0.5) is 5.69 Å². The highest BCUT2D eigenvalue weighted by atomic mass is 35.5. The lowest BCUT2D eigenvalue weighted by Crippen LogP contribution is -2.24. The van der Waals surface area contributed by atoms with Crippen molar-refractivity contribution in [1.82, 2.24) is 0 Å². The number of nitriles is 1. The Morgan fingerprint density at radius 1 is 1.38 bits per heavy atom. The first-order valence-electron chi connectivity index (χ1n) is 4.63. The molecule has 0 saturated carbocycles. The van der Waals surface area contributed by atoms with E-state index in [0.717, 1.165) is 0 Å². The van der Waals surface area contributed by atoms with Crippen molar-refractivity contribution in [2.75, 3.05) is 11.4 Å². The molecule has 16 heavy (non-hydrogen) atoms. The van der Waals surface area contributed by atoms with E-state index in [-0.39, 0.29) is 29.7 Å². The smallest absolute Gasteiger partial charge is 0.234 e. The lowest BCUT2D eigenvalue weighted by atomic mass is 10.2. The first-order valence-corrected chi connectivity index (χ1v) is 5.01. The Morgan fingerprint density at radius 3 is 2.62 bits per heavy atom. The van der Waals surface area contributed by atoms with Gasteiger partial charge >= 0.3 is 0 Å². The Bertz CT molecular complexity index is 519. The highest BCUT2D eigenvalue weighted by Crippen LogP contribution is 2.25. The molecule has 0 aromatic heterocycles. The molecule has 1 aliphatic heterocycles. The zero-order valence-corrected chi connectivity index (χ0v) is 8.99. The predicted octanol–water partition coefficient (Wildman–Crippen LogP) is 1.52. The monoisotopic (exact) mass is 234 g/mol. The summed E-state index contributed by atoms with van der Waals surface area (Å²) in [7, 11) is 0. The van der Waals surface area contributed by atoms with Crippen LogP contribution in [0.1, 0.15) is 12.0 Å². The lowest BCUT2D eigenvalue weighted by molar-refractivity contribution is -0.121. The molecule has 1 aliphatic rings. The lowest BCUT2D eigenvalue weighted by Gasteiger charge is -2.14. The number of anilines is 1. The fourth-order valence-corrected chi connectivity index (χ4v) is 1.80. The van der Waals surface area contributed by atoms with E-state index < -0.39 is 0 Å². The Morgan fingerprint density at radius 2 is 2.12 bits per heavy atom. The summed E-state index contributed by atoms with van der Waals surface area (Å²) in [6, 6.07) is 6.60. The normalized spacial score (nSPS) is 15.4. The number of ketones is 1. The van der Waals surface area contributed by atoms with Gasteiger partial charge < -0.3 is 4.90 Å². The first-order chi connectivity index (χ1) is 7.61. The van der Waals surface area contributed by atoms with Crippen molar-refractivity contribution >= 4 is 29.0 Å². The molecule has 0 spiro atoms. The summed E-state index contributed by atoms with van der Waals surface area (Å²) >= 11 is 5.85. The van der Waals surface area contributed by atoms with Gasteiger partial charge in [0.1, 0.15) is 6.07 Å². The summed E-state index contributed by atoms with van der Waals surface area (Å²) in [6.07, 6.45) is -0.0579. The van der Waals surface area contributed by atoms with Crippen molar-refractivity contribution in [3.8, 4) is 6.07 Å². The van der Waals surface area contributed by atoms with Crippen LogP contribution in [0.5, 0.6) is 0 Å². The van der Waals surface area contributed by atoms with Gasteiger partial charge in [0.15, 0.2) is 5.78 Å². The van der Waals surface area contributed by atoms with E-state index in [2.05, 4.69) is 0 Å². The van der Waals surface area contributed by atoms with Crippen LogP contribution in [0, 0.1) is 11.3 Å². The number of benzene rings is 1. The molecule has 1 fully saturated rings. The van der Waals surface area contributed by atoms with Gasteiger partial charge in [-0.05, 0) is 18.2 Å². The molecule has 4 nitrogen and oxygen atoms in total. The van der Waals surface area contributed by atoms with Crippen LogP contribution < -0.4 is 4.90 Å². The molecule has 0 radical (unpaired) electrons. The highest BCUT2D eigenvalue weighted by molar-refractivity contribution is 6.32. The van der Waals surface area contributed by atoms with Gasteiger partial charge in [-0.3, -0.25) is 9.59 Å². The van der Waals surface area contributed by atoms with Gasteiger partial charge in [-0.1, -0.05) is 11.6 Å². The molecule has 5 heteroatoms. The number of rotatable bonds is 1. The maximum atomic E-state index is 11.4. The molecular weight excluding hydrogens is 228 g/mol. The van der Waals surface area contributed by atoms with Crippen LogP contribution in [0.3, 0.4) is 0 Å². The van der Waals surface area contributed by atoms with Crippen molar-refractivity contribution < 1.29 is 9.59 Å². The number of nitrogens with zero attached hydrogens (tertiary/aromatic N) is 2. The standard InChI is InChI=1S/C11H7ClN2O2/c12-10-3-8(2-1-7(10)5-13)14-6-9(15)4-11(14)16/h1-3H,4,6H2. The van der Waals surface area contributed by atoms with E-state index in [1.165, 1.54) is 17.0 Å². The first kappa shape index (κ1) is 10.7. The topological polar surface area (TPSA) is 61.2 Å². The van der Waals surface area contributed by atoms with Gasteiger partial charge in [-0.15, -0.1) is 0 Å². The fraction of sp³-hybridized carbons (Fsp3) is 0.182. The summed E-state index contributed by atoms with van der Waals surface area (Å²) in [4.78, 5) is 23.9. The third-order valence-electron chi connectivity index (χ3n) is 2.37. The molecule has 0 aliphatic carbocycles. The van der Waals surface area contributed by atoms with Crippen molar-refractivity contribution in [2.24, 2.45) is 0 Å². The minimum absolute atomic E-state index is 0.0579. The van der Waals surface area contributed by atoms with E-state index in [4.69, 9.17) is 16.9 Å². The Balaban J connectivity index is 2.36. The second-order valence-corrected chi connectivity index (χ2v) is 3.88. The molecule has 0 bridgehead atoms. The van der Waals surface area contributed by atoms with Crippen molar-refractivity contribution in [3.05, 3.63) is 28.8 Å². The maximum Gasteiger partial charge on any atom is 0.234 e. The van der Waals surface area contributed by atoms with Gasteiger partial charge in [-0.2, -0.15) is 5.26 Å². The van der Waals surface area contributed by atoms with Crippen LogP contribution in [0.2, 0.25) is 5.02 Å². The Labute approximate surface area is 97.0 Å². The highest BCUT2D eigenvalue weighted by Gasteiger charge is 2.28. The molecule has 1 aromatic carbocycles. The van der Waals surface area contributed by atoms with Crippen molar-refractivity contribution in [1.29, 1.82) is 5.26 Å². The summed E-state index contributed by atoms with van der Waals surface area (Å²) in [5, 5.41) is 8.98. The van der Waals surface area contributed by atoms with Crippen molar-refractivity contribution in [2.45, 2.75) is 6.42 Å². The van der Waals surface area contributed by atoms with E-state index in [0.29, 0.717) is 11.3 Å². The zero-order chi connectivity index (χ0) is 11.7. The molecule has 80 valence electrons. The van der Waals surface area contributed by atoms with E-state index in [9.17, 15) is 9.59 Å². The number of Topliss-reactive ketones (excluding diaryl/α,β-unsaturated/α-hetero) is 1. The van der Waals surface area contributed by atoms with Crippen LogP contribution in [-0.4, -0.2) is 18.2 Å². The summed E-state index contributed by atoms with van der Waals surface area (Å²) in [5.74, 6) is -0.337. The van der Waals surface area contributed by atoms with E-state index in [1.54, 1.807) is 6.07 Å². The minimum atomic E-state index is -0.231. The fourth-order valence-electron chi connectivity index (χ4n) is 1.58. The minimum Gasteiger partial charge on any atom is -0.305 e. The SMILES string of the molecule is N#Cc1ccc(N2CC(=O)CC2=O)cc1Cl. The second-order valence-electron chi connectivity index (χ2n) is 3.47. The number of carbonyl (C=O) groups excluding carboxylic acids is 2. The molecule has 1 amide bonds. The largest absolute Gasteiger partial charge is 0.305 e. The molecule has 1 saturated heterocycles. The van der Waals surface area contributed by atoms with Crippen LogP contribution >= 0.6 is 11.6 Å². The molecule has 0 N–H and O–H groups in total. The van der Waals surface area contributed by atoms with E-state index >= 15 is 0 Å². The molecule has 1 aromatic rings. The number of halogens is 1. The van der Waals surface area contributed by atoms with Gasteiger partial charge in [0.05, 0.1) is 23.6 Å². The van der Waals surface area contributed by atoms with Crippen molar-refractivity contribution in [3.63, 3.8) is 0 Å². The number of amides is 1. The Kier molecular flexibility index (Phi) is 2.63. The van der Waals surface area contributed by atoms with Crippen LogP contribution in [0.15, 0.2) is 18.2 Å². The molecule has 2 rings (SSSR count). The Hall–Kier alpha value is -1.86. The predicted molar refractivity (Wildman–Crippen MR) is 58.1 cm³/mol. The quantitative estimate of drug-likeness (QED) is 0.692. The average molecular weight is 235 g/mol. The maximum absolute atomic E-state index is 11.4. The second kappa shape index (κ2) is 3.95.